The van der Waals surface area contributed by atoms with Crippen LogP contribution in [0.5, 0.6) is 0 Å². The number of benzene rings is 1. The first-order chi connectivity index (χ1) is 9.88. The Morgan fingerprint density at radius 3 is 2.38 bits per heavy atom. The maximum atomic E-state index is 5.47. The highest BCUT2D eigenvalue weighted by Gasteiger charge is 2.13. The Kier molecular flexibility index (Phi) is 4.63. The fourth-order valence-electron chi connectivity index (χ4n) is 2.21. The molecule has 1 aromatic carbocycles. The second-order valence-electron chi connectivity index (χ2n) is 5.43. The van der Waals surface area contributed by atoms with Crippen molar-refractivity contribution in [1.29, 1.82) is 0 Å². The summed E-state index contributed by atoms with van der Waals surface area (Å²) in [6, 6.07) is 8.22. The van der Waals surface area contributed by atoms with Crippen LogP contribution in [0, 0.1) is 20.8 Å². The summed E-state index contributed by atoms with van der Waals surface area (Å²) in [6.45, 7) is 6.94. The van der Waals surface area contributed by atoms with Gasteiger partial charge in [-0.3, -0.25) is 4.68 Å². The summed E-state index contributed by atoms with van der Waals surface area (Å²) in [4.78, 5) is 2.03. The Morgan fingerprint density at radius 1 is 1.24 bits per heavy atom. The number of aryl methyl sites for hydroxylation is 3. The van der Waals surface area contributed by atoms with Gasteiger partial charge in [0.15, 0.2) is 5.11 Å². The second kappa shape index (κ2) is 6.26. The van der Waals surface area contributed by atoms with E-state index in [9.17, 15) is 0 Å². The summed E-state index contributed by atoms with van der Waals surface area (Å²) in [5.74, 6) is 0. The molecule has 2 aromatic rings. The molecule has 1 aromatic heterocycles. The van der Waals surface area contributed by atoms with E-state index in [1.54, 1.807) is 0 Å². The molecule has 0 unspecified atom stereocenters. The molecule has 0 atom stereocenters. The number of anilines is 1. The van der Waals surface area contributed by atoms with Crippen molar-refractivity contribution in [2.24, 2.45) is 7.05 Å². The van der Waals surface area contributed by atoms with Crippen molar-refractivity contribution in [2.45, 2.75) is 27.3 Å². The molecule has 0 radical (unpaired) electrons. The van der Waals surface area contributed by atoms with Crippen molar-refractivity contribution in [1.82, 2.24) is 14.7 Å². The van der Waals surface area contributed by atoms with Crippen LogP contribution in [0.2, 0.25) is 0 Å². The lowest BCUT2D eigenvalue weighted by Gasteiger charge is -2.21. The van der Waals surface area contributed by atoms with Gasteiger partial charge in [0.2, 0.25) is 0 Å². The summed E-state index contributed by atoms with van der Waals surface area (Å²) in [5, 5.41) is 8.42. The van der Waals surface area contributed by atoms with Gasteiger partial charge in [-0.25, -0.2) is 0 Å². The minimum Gasteiger partial charge on any atom is -0.348 e. The molecule has 0 spiro atoms. The zero-order chi connectivity index (χ0) is 15.6. The van der Waals surface area contributed by atoms with E-state index >= 15 is 0 Å². The van der Waals surface area contributed by atoms with Crippen molar-refractivity contribution in [3.8, 4) is 0 Å². The standard InChI is InChI=1S/C16H22N4S/c1-11-6-8-14(9-7-11)17-16(21)19(4)10-15-12(2)18-20(5)13(15)3/h6-9H,10H2,1-5H3,(H,17,21). The van der Waals surface area contributed by atoms with Gasteiger partial charge in [-0.2, -0.15) is 5.10 Å². The third-order valence-corrected chi connectivity index (χ3v) is 4.12. The third kappa shape index (κ3) is 3.61. The average molecular weight is 302 g/mol. The number of thiocarbonyl (C=S) groups is 1. The number of hydrogen-bond acceptors (Lipinski definition) is 2. The Hall–Kier alpha value is -1.88. The Bertz CT molecular complexity index is 643. The molecule has 2 rings (SSSR count). The highest BCUT2D eigenvalue weighted by molar-refractivity contribution is 7.80. The molecule has 4 nitrogen and oxygen atoms in total. The Balaban J connectivity index is 2.04. The fraction of sp³-hybridized carbons (Fsp3) is 0.375. The number of hydrogen-bond donors (Lipinski definition) is 1. The van der Waals surface area contributed by atoms with Gasteiger partial charge in [0.25, 0.3) is 0 Å². The molecular weight excluding hydrogens is 280 g/mol. The summed E-state index contributed by atoms with van der Waals surface area (Å²) in [6.07, 6.45) is 0. The first-order valence-electron chi connectivity index (χ1n) is 6.96. The van der Waals surface area contributed by atoms with E-state index < -0.39 is 0 Å². The van der Waals surface area contributed by atoms with Crippen LogP contribution in [0.25, 0.3) is 0 Å². The monoisotopic (exact) mass is 302 g/mol. The quantitative estimate of drug-likeness (QED) is 0.883. The molecule has 0 aliphatic carbocycles. The smallest absolute Gasteiger partial charge is 0.173 e. The van der Waals surface area contributed by atoms with E-state index in [4.69, 9.17) is 12.2 Å². The van der Waals surface area contributed by atoms with Crippen LogP contribution >= 0.6 is 12.2 Å². The average Bonchev–Trinajstić information content (AvgIpc) is 2.68. The Labute approximate surface area is 131 Å². The summed E-state index contributed by atoms with van der Waals surface area (Å²) in [5.41, 5.74) is 5.71. The Morgan fingerprint density at radius 2 is 1.86 bits per heavy atom. The van der Waals surface area contributed by atoms with Gasteiger partial charge in [0.1, 0.15) is 0 Å². The van der Waals surface area contributed by atoms with E-state index in [0.29, 0.717) is 5.11 Å². The number of nitrogens with one attached hydrogen (secondary N) is 1. The van der Waals surface area contributed by atoms with E-state index in [1.165, 1.54) is 16.8 Å². The normalized spacial score (nSPS) is 10.5. The summed E-state index contributed by atoms with van der Waals surface area (Å²) in [7, 11) is 3.96. The van der Waals surface area contributed by atoms with Crippen LogP contribution in [0.4, 0.5) is 5.69 Å². The predicted molar refractivity (Wildman–Crippen MR) is 91.5 cm³/mol. The number of aromatic nitrogens is 2. The molecule has 0 bridgehead atoms. The molecule has 0 amide bonds. The lowest BCUT2D eigenvalue weighted by molar-refractivity contribution is 0.505. The zero-order valence-electron chi connectivity index (χ0n) is 13.3. The van der Waals surface area contributed by atoms with Gasteiger partial charge in [-0.05, 0) is 45.1 Å². The highest BCUT2D eigenvalue weighted by Crippen LogP contribution is 2.15. The SMILES string of the molecule is Cc1ccc(NC(=S)N(C)Cc2c(C)nn(C)c2C)cc1. The van der Waals surface area contributed by atoms with Crippen LogP contribution in [0.3, 0.4) is 0 Å². The van der Waals surface area contributed by atoms with Crippen molar-refractivity contribution >= 4 is 23.0 Å². The molecule has 5 heteroatoms. The van der Waals surface area contributed by atoms with Crippen molar-refractivity contribution < 1.29 is 0 Å². The minimum absolute atomic E-state index is 0.710. The van der Waals surface area contributed by atoms with Crippen LogP contribution in [-0.4, -0.2) is 26.8 Å². The minimum atomic E-state index is 0.710. The highest BCUT2D eigenvalue weighted by atomic mass is 32.1. The number of rotatable bonds is 3. The van der Waals surface area contributed by atoms with Gasteiger partial charge in [-0.15, -0.1) is 0 Å². The largest absolute Gasteiger partial charge is 0.348 e. The zero-order valence-corrected chi connectivity index (χ0v) is 14.1. The van der Waals surface area contributed by atoms with E-state index in [2.05, 4.69) is 36.4 Å². The van der Waals surface area contributed by atoms with Crippen molar-refractivity contribution in [2.75, 3.05) is 12.4 Å². The van der Waals surface area contributed by atoms with E-state index in [1.807, 2.05) is 42.7 Å². The molecule has 0 saturated heterocycles. The van der Waals surface area contributed by atoms with E-state index in [-0.39, 0.29) is 0 Å². The molecule has 0 aliphatic rings. The second-order valence-corrected chi connectivity index (χ2v) is 5.81. The van der Waals surface area contributed by atoms with Crippen LogP contribution in [0.1, 0.15) is 22.5 Å². The van der Waals surface area contributed by atoms with Gasteiger partial charge < -0.3 is 10.2 Å². The van der Waals surface area contributed by atoms with Crippen molar-refractivity contribution in [3.63, 3.8) is 0 Å². The van der Waals surface area contributed by atoms with Gasteiger partial charge in [-0.1, -0.05) is 17.7 Å². The molecule has 0 fully saturated rings. The van der Waals surface area contributed by atoms with Crippen molar-refractivity contribution in [3.05, 3.63) is 46.8 Å². The summed E-state index contributed by atoms with van der Waals surface area (Å²) >= 11 is 5.47. The molecule has 1 heterocycles. The van der Waals surface area contributed by atoms with Gasteiger partial charge in [0.05, 0.1) is 5.69 Å². The number of nitrogens with zero attached hydrogens (tertiary/aromatic N) is 3. The topological polar surface area (TPSA) is 33.1 Å². The first-order valence-corrected chi connectivity index (χ1v) is 7.37. The molecule has 0 aliphatic heterocycles. The lowest BCUT2D eigenvalue weighted by Crippen LogP contribution is -2.30. The maximum Gasteiger partial charge on any atom is 0.173 e. The van der Waals surface area contributed by atoms with Crippen LogP contribution < -0.4 is 5.32 Å². The lowest BCUT2D eigenvalue weighted by atomic mass is 10.2. The fourth-order valence-corrected chi connectivity index (χ4v) is 2.39. The molecule has 21 heavy (non-hydrogen) atoms. The molecule has 0 saturated carbocycles. The molecular formula is C16H22N4S. The third-order valence-electron chi connectivity index (χ3n) is 3.70. The van der Waals surface area contributed by atoms with E-state index in [0.717, 1.165) is 17.9 Å². The summed E-state index contributed by atoms with van der Waals surface area (Å²) < 4.78 is 1.91. The first kappa shape index (κ1) is 15.5. The maximum absolute atomic E-state index is 5.47. The molecule has 1 N–H and O–H groups in total. The van der Waals surface area contributed by atoms with Gasteiger partial charge >= 0.3 is 0 Å². The predicted octanol–water partition coefficient (Wildman–Crippen LogP) is 3.17. The van der Waals surface area contributed by atoms with Gasteiger partial charge in [0, 0.05) is 37.6 Å². The molecule has 112 valence electrons. The van der Waals surface area contributed by atoms with Crippen LogP contribution in [-0.2, 0) is 13.6 Å². The van der Waals surface area contributed by atoms with Crippen LogP contribution in [0.15, 0.2) is 24.3 Å².